The average molecular weight is 165 g/mol. The summed E-state index contributed by atoms with van der Waals surface area (Å²) in [5.41, 5.74) is -0.180. The van der Waals surface area contributed by atoms with Crippen molar-refractivity contribution in [3.8, 4) is 0 Å². The molecule has 1 N–H and O–H groups in total. The Bertz CT molecular complexity index is 467. The number of nitrogens with one attached hydrogen (secondary N) is 1. The van der Waals surface area contributed by atoms with Crippen molar-refractivity contribution in [3.63, 3.8) is 0 Å². The highest BCUT2D eigenvalue weighted by atomic mass is 16.2. The molecule has 1 aliphatic rings. The highest BCUT2D eigenvalue weighted by molar-refractivity contribution is 5.73. The highest BCUT2D eigenvalue weighted by Crippen LogP contribution is 2.16. The van der Waals surface area contributed by atoms with Crippen molar-refractivity contribution >= 4 is 12.0 Å². The first-order valence-electron chi connectivity index (χ1n) is 3.55. The van der Waals surface area contributed by atoms with Crippen LogP contribution in [-0.4, -0.2) is 15.8 Å². The lowest BCUT2D eigenvalue weighted by Crippen LogP contribution is -2.29. The van der Waals surface area contributed by atoms with Crippen LogP contribution in [0.1, 0.15) is 5.56 Å². The molecule has 0 fully saturated rings. The van der Waals surface area contributed by atoms with E-state index in [4.69, 9.17) is 0 Å². The monoisotopic (exact) mass is 165 g/mol. The standard InChI is InChI=1S/C7H7N3O2/c1-10-5-4(2-3-8-5)6(11)9-7(10)12/h3H,2H2,1H3,(H,9,11,12). The van der Waals surface area contributed by atoms with Gasteiger partial charge in [0.1, 0.15) is 5.82 Å². The van der Waals surface area contributed by atoms with Gasteiger partial charge in [-0.15, -0.1) is 0 Å². The molecule has 1 aliphatic heterocycles. The Balaban J connectivity index is 2.94. The Morgan fingerprint density at radius 3 is 3.08 bits per heavy atom. The third kappa shape index (κ3) is 0.761. The van der Waals surface area contributed by atoms with Crippen LogP contribution in [0.25, 0.3) is 0 Å². The molecule has 0 atom stereocenters. The highest BCUT2D eigenvalue weighted by Gasteiger charge is 2.14. The fraction of sp³-hybridized carbons (Fsp3) is 0.286. The van der Waals surface area contributed by atoms with Crippen molar-refractivity contribution in [1.82, 2.24) is 9.55 Å². The van der Waals surface area contributed by atoms with Crippen molar-refractivity contribution < 1.29 is 0 Å². The van der Waals surface area contributed by atoms with E-state index in [2.05, 4.69) is 9.98 Å². The lowest BCUT2D eigenvalue weighted by molar-refractivity contribution is 0.796. The van der Waals surface area contributed by atoms with Crippen molar-refractivity contribution in [2.75, 3.05) is 0 Å². The smallest absolute Gasteiger partial charge is 0.281 e. The molecule has 0 saturated carbocycles. The quantitative estimate of drug-likeness (QED) is 0.554. The summed E-state index contributed by atoms with van der Waals surface area (Å²) in [7, 11) is 1.58. The van der Waals surface area contributed by atoms with Crippen molar-refractivity contribution in [3.05, 3.63) is 26.4 Å². The average Bonchev–Trinajstić information content (AvgIpc) is 2.48. The molecular weight excluding hydrogens is 158 g/mol. The molecule has 1 aromatic heterocycles. The summed E-state index contributed by atoms with van der Waals surface area (Å²) in [6, 6.07) is 0. The number of H-pyrrole nitrogens is 1. The van der Waals surface area contributed by atoms with Gasteiger partial charge in [0.2, 0.25) is 0 Å². The van der Waals surface area contributed by atoms with Crippen molar-refractivity contribution in [2.45, 2.75) is 6.42 Å². The van der Waals surface area contributed by atoms with Gasteiger partial charge in [-0.1, -0.05) is 0 Å². The first kappa shape index (κ1) is 7.02. The second kappa shape index (κ2) is 2.17. The van der Waals surface area contributed by atoms with E-state index in [0.29, 0.717) is 17.8 Å². The maximum Gasteiger partial charge on any atom is 0.329 e. The number of nitrogens with zero attached hydrogens (tertiary/aromatic N) is 2. The third-order valence-corrected chi connectivity index (χ3v) is 1.90. The van der Waals surface area contributed by atoms with Gasteiger partial charge in [0, 0.05) is 19.7 Å². The predicted molar refractivity (Wildman–Crippen MR) is 44.2 cm³/mol. The van der Waals surface area contributed by atoms with Gasteiger partial charge in [-0.2, -0.15) is 0 Å². The Kier molecular flexibility index (Phi) is 1.27. The number of hydrogen-bond donors (Lipinski definition) is 1. The molecule has 2 heterocycles. The SMILES string of the molecule is Cn1c2c(c(=O)[nH]c1=O)CC=N2. The first-order chi connectivity index (χ1) is 5.70. The van der Waals surface area contributed by atoms with Crippen LogP contribution in [-0.2, 0) is 13.5 Å². The van der Waals surface area contributed by atoms with Gasteiger partial charge >= 0.3 is 5.69 Å². The molecule has 0 aromatic carbocycles. The Labute approximate surface area is 67.4 Å². The van der Waals surface area contributed by atoms with Crippen LogP contribution in [0.2, 0.25) is 0 Å². The predicted octanol–water partition coefficient (Wildman–Crippen LogP) is -0.668. The topological polar surface area (TPSA) is 67.2 Å². The van der Waals surface area contributed by atoms with Gasteiger partial charge in [-0.25, -0.2) is 9.79 Å². The maximum atomic E-state index is 11.1. The van der Waals surface area contributed by atoms with Gasteiger partial charge in [-0.05, 0) is 0 Å². The van der Waals surface area contributed by atoms with Crippen LogP contribution < -0.4 is 11.2 Å². The van der Waals surface area contributed by atoms with Gasteiger partial charge in [0.25, 0.3) is 5.56 Å². The van der Waals surface area contributed by atoms with Gasteiger partial charge in [0.15, 0.2) is 0 Å². The molecule has 5 nitrogen and oxygen atoms in total. The summed E-state index contributed by atoms with van der Waals surface area (Å²) in [4.78, 5) is 28.3. The molecule has 0 aliphatic carbocycles. The lowest BCUT2D eigenvalue weighted by Gasteiger charge is -2.00. The van der Waals surface area contributed by atoms with Crippen LogP contribution in [0, 0.1) is 0 Å². The number of fused-ring (bicyclic) bond motifs is 1. The van der Waals surface area contributed by atoms with E-state index in [0.717, 1.165) is 0 Å². The van der Waals surface area contributed by atoms with E-state index in [-0.39, 0.29) is 5.56 Å². The first-order valence-corrected chi connectivity index (χ1v) is 3.55. The van der Waals surface area contributed by atoms with Gasteiger partial charge < -0.3 is 0 Å². The molecular formula is C7H7N3O2. The number of rotatable bonds is 0. The maximum absolute atomic E-state index is 11.1. The second-order valence-electron chi connectivity index (χ2n) is 2.64. The number of aromatic amines is 1. The minimum atomic E-state index is -0.419. The zero-order valence-electron chi connectivity index (χ0n) is 6.50. The molecule has 12 heavy (non-hydrogen) atoms. The van der Waals surface area contributed by atoms with Gasteiger partial charge in [0.05, 0.1) is 5.56 Å². The van der Waals surface area contributed by atoms with E-state index in [1.807, 2.05) is 0 Å². The van der Waals surface area contributed by atoms with Crippen LogP contribution in [0.4, 0.5) is 5.82 Å². The van der Waals surface area contributed by atoms with E-state index in [1.165, 1.54) is 4.57 Å². The molecule has 62 valence electrons. The van der Waals surface area contributed by atoms with E-state index >= 15 is 0 Å². The third-order valence-electron chi connectivity index (χ3n) is 1.90. The Morgan fingerprint density at radius 1 is 1.58 bits per heavy atom. The summed E-state index contributed by atoms with van der Waals surface area (Å²) in [6.45, 7) is 0. The number of hydrogen-bond acceptors (Lipinski definition) is 3. The fourth-order valence-corrected chi connectivity index (χ4v) is 1.23. The zero-order valence-corrected chi connectivity index (χ0v) is 6.50. The molecule has 2 rings (SSSR count). The largest absolute Gasteiger partial charge is 0.329 e. The van der Waals surface area contributed by atoms with Crippen LogP contribution in [0.5, 0.6) is 0 Å². The second-order valence-corrected chi connectivity index (χ2v) is 2.64. The Hall–Kier alpha value is -1.65. The van der Waals surface area contributed by atoms with Crippen molar-refractivity contribution in [1.29, 1.82) is 0 Å². The summed E-state index contributed by atoms with van der Waals surface area (Å²) in [5, 5.41) is 0. The summed E-state index contributed by atoms with van der Waals surface area (Å²) < 4.78 is 1.33. The van der Waals surface area contributed by atoms with Crippen molar-refractivity contribution in [2.24, 2.45) is 12.0 Å². The molecule has 0 spiro atoms. The van der Waals surface area contributed by atoms with E-state index < -0.39 is 5.69 Å². The molecule has 0 saturated heterocycles. The van der Waals surface area contributed by atoms with Crippen LogP contribution in [0.15, 0.2) is 14.6 Å². The van der Waals surface area contributed by atoms with Crippen LogP contribution >= 0.6 is 0 Å². The van der Waals surface area contributed by atoms with Gasteiger partial charge in [-0.3, -0.25) is 14.3 Å². The molecule has 0 unspecified atom stereocenters. The van der Waals surface area contributed by atoms with E-state index in [1.54, 1.807) is 13.3 Å². The summed E-state index contributed by atoms with van der Waals surface area (Å²) >= 11 is 0. The fourth-order valence-electron chi connectivity index (χ4n) is 1.23. The molecule has 1 aromatic rings. The number of aromatic nitrogens is 2. The molecule has 5 heteroatoms. The molecule has 0 radical (unpaired) electrons. The van der Waals surface area contributed by atoms with E-state index in [9.17, 15) is 9.59 Å². The summed E-state index contributed by atoms with van der Waals surface area (Å²) in [6.07, 6.45) is 2.14. The zero-order chi connectivity index (χ0) is 8.72. The minimum Gasteiger partial charge on any atom is -0.281 e. The number of aliphatic imine (C=N–C) groups is 1. The minimum absolute atomic E-state index is 0.328. The summed E-state index contributed by atoms with van der Waals surface area (Å²) in [5.74, 6) is 0.476. The molecule has 0 amide bonds. The normalized spacial score (nSPS) is 13.4. The molecule has 0 bridgehead atoms. The Morgan fingerprint density at radius 2 is 2.33 bits per heavy atom. The lowest BCUT2D eigenvalue weighted by atomic mass is 10.2. The van der Waals surface area contributed by atoms with Crippen LogP contribution in [0.3, 0.4) is 0 Å².